The van der Waals surface area contributed by atoms with Gasteiger partial charge < -0.3 is 9.47 Å². The van der Waals surface area contributed by atoms with Gasteiger partial charge in [0.1, 0.15) is 0 Å². The van der Waals surface area contributed by atoms with Crippen LogP contribution in [-0.4, -0.2) is 41.3 Å². The Morgan fingerprint density at radius 2 is 2.12 bits per heavy atom. The van der Waals surface area contributed by atoms with Crippen molar-refractivity contribution < 1.29 is 9.47 Å². The van der Waals surface area contributed by atoms with Crippen molar-refractivity contribution in [1.82, 2.24) is 9.88 Å². The van der Waals surface area contributed by atoms with E-state index in [4.69, 9.17) is 9.47 Å². The molecule has 5 heteroatoms. The molecule has 4 nitrogen and oxygen atoms in total. The number of nitrogens with zero attached hydrogens (tertiary/aromatic N) is 2. The van der Waals surface area contributed by atoms with Crippen LogP contribution in [0.4, 0.5) is 0 Å². The van der Waals surface area contributed by atoms with Crippen molar-refractivity contribution in [2.45, 2.75) is 51.2 Å². The van der Waals surface area contributed by atoms with Crippen LogP contribution in [0.3, 0.4) is 0 Å². The molecule has 2 aromatic heterocycles. The van der Waals surface area contributed by atoms with Crippen LogP contribution in [0, 0.1) is 6.92 Å². The van der Waals surface area contributed by atoms with Gasteiger partial charge in [0.05, 0.1) is 25.4 Å². The molecular weight excluding hydrogens is 320 g/mol. The van der Waals surface area contributed by atoms with Crippen molar-refractivity contribution in [1.29, 1.82) is 0 Å². The molecule has 1 aliphatic carbocycles. The van der Waals surface area contributed by atoms with E-state index in [1.165, 1.54) is 15.3 Å². The number of aryl methyl sites for hydroxylation is 1. The number of pyridine rings is 1. The number of fused-ring (bicyclic) bond motifs is 1. The Bertz CT molecular complexity index is 660. The maximum absolute atomic E-state index is 6.18. The van der Waals surface area contributed by atoms with Crippen LogP contribution in [0.25, 0.3) is 0 Å². The van der Waals surface area contributed by atoms with Gasteiger partial charge >= 0.3 is 0 Å². The van der Waals surface area contributed by atoms with E-state index in [2.05, 4.69) is 28.9 Å². The lowest BCUT2D eigenvalue weighted by molar-refractivity contribution is -0.118. The number of morpholine rings is 1. The van der Waals surface area contributed by atoms with Gasteiger partial charge in [0.15, 0.2) is 0 Å². The molecule has 1 saturated carbocycles. The molecule has 2 fully saturated rings. The monoisotopic (exact) mass is 344 g/mol. The normalized spacial score (nSPS) is 27.3. The highest BCUT2D eigenvalue weighted by Crippen LogP contribution is 2.34. The Labute approximate surface area is 147 Å². The Hall–Kier alpha value is -1.27. The maximum atomic E-state index is 6.18. The van der Waals surface area contributed by atoms with Gasteiger partial charge in [-0.3, -0.25) is 9.88 Å². The maximum Gasteiger partial charge on any atom is 0.0992 e. The Morgan fingerprint density at radius 3 is 2.92 bits per heavy atom. The summed E-state index contributed by atoms with van der Waals surface area (Å²) in [6.07, 6.45) is 6.30. The summed E-state index contributed by atoms with van der Waals surface area (Å²) in [7, 11) is 0. The summed E-state index contributed by atoms with van der Waals surface area (Å²) in [6.45, 7) is 5.69. The lowest BCUT2D eigenvalue weighted by Gasteiger charge is -2.38. The second-order valence-corrected chi connectivity index (χ2v) is 8.04. The molecule has 0 aromatic carbocycles. The topological polar surface area (TPSA) is 34.6 Å². The van der Waals surface area contributed by atoms with Crippen molar-refractivity contribution in [3.8, 4) is 0 Å². The van der Waals surface area contributed by atoms with Crippen LogP contribution in [-0.2, 0) is 22.6 Å². The highest BCUT2D eigenvalue weighted by Gasteiger charge is 2.43. The smallest absolute Gasteiger partial charge is 0.0992 e. The quantitative estimate of drug-likeness (QED) is 0.833. The fourth-order valence-electron chi connectivity index (χ4n) is 3.82. The summed E-state index contributed by atoms with van der Waals surface area (Å²) >= 11 is 1.90. The fraction of sp³-hybridized carbons (Fsp3) is 0.526. The molecule has 0 amide bonds. The first-order valence-electron chi connectivity index (χ1n) is 8.71. The standard InChI is InChI=1S/C19H24N2O2S/c1-14-2-3-16(24-14)12-21-10-11-22-19-17(21)4-5-18(19)23-13-15-6-8-20-9-7-15/h2-3,6-9,17-19H,4-5,10-13H2,1H3/t17-,18-,19-/m1/s1. The molecule has 0 unspecified atom stereocenters. The molecule has 24 heavy (non-hydrogen) atoms. The van der Waals surface area contributed by atoms with Gasteiger partial charge in [-0.25, -0.2) is 0 Å². The molecule has 3 atom stereocenters. The van der Waals surface area contributed by atoms with Gasteiger partial charge in [-0.2, -0.15) is 0 Å². The zero-order chi connectivity index (χ0) is 16.4. The minimum absolute atomic E-state index is 0.205. The number of aromatic nitrogens is 1. The summed E-state index contributed by atoms with van der Waals surface area (Å²) in [4.78, 5) is 9.49. The minimum Gasteiger partial charge on any atom is -0.373 e. The first-order valence-corrected chi connectivity index (χ1v) is 9.53. The van der Waals surface area contributed by atoms with Crippen LogP contribution in [0.2, 0.25) is 0 Å². The van der Waals surface area contributed by atoms with Crippen LogP contribution in [0.1, 0.15) is 28.2 Å². The van der Waals surface area contributed by atoms with Gasteiger partial charge in [0.25, 0.3) is 0 Å². The SMILES string of the molecule is Cc1ccc(CN2CCO[C@@H]3[C@H]2CC[C@H]3OCc2ccncc2)s1. The van der Waals surface area contributed by atoms with E-state index >= 15 is 0 Å². The molecule has 1 aliphatic heterocycles. The lowest BCUT2D eigenvalue weighted by Crippen LogP contribution is -2.51. The number of hydrogen-bond acceptors (Lipinski definition) is 5. The third-order valence-corrected chi connectivity index (χ3v) is 6.00. The van der Waals surface area contributed by atoms with E-state index in [0.29, 0.717) is 12.6 Å². The molecular formula is C19H24N2O2S. The summed E-state index contributed by atoms with van der Waals surface area (Å²) in [5, 5.41) is 0. The number of rotatable bonds is 5. The Kier molecular flexibility index (Phi) is 4.94. The highest BCUT2D eigenvalue weighted by atomic mass is 32.1. The number of thiophene rings is 1. The van der Waals surface area contributed by atoms with Gasteiger partial charge in [-0.1, -0.05) is 0 Å². The van der Waals surface area contributed by atoms with E-state index in [9.17, 15) is 0 Å². The molecule has 0 N–H and O–H groups in total. The summed E-state index contributed by atoms with van der Waals surface area (Å²) in [6, 6.07) is 8.99. The average molecular weight is 344 g/mol. The molecule has 2 aromatic rings. The second-order valence-electron chi connectivity index (χ2n) is 6.67. The van der Waals surface area contributed by atoms with Gasteiger partial charge in [-0.05, 0) is 49.6 Å². The first-order chi connectivity index (χ1) is 11.8. The van der Waals surface area contributed by atoms with Crippen LogP contribution in [0.5, 0.6) is 0 Å². The lowest BCUT2D eigenvalue weighted by atomic mass is 10.1. The number of hydrogen-bond donors (Lipinski definition) is 0. The predicted molar refractivity (Wildman–Crippen MR) is 95.0 cm³/mol. The summed E-state index contributed by atoms with van der Waals surface area (Å²) in [5.41, 5.74) is 1.18. The van der Waals surface area contributed by atoms with Crippen molar-refractivity contribution in [3.63, 3.8) is 0 Å². The van der Waals surface area contributed by atoms with E-state index in [0.717, 1.165) is 32.5 Å². The molecule has 3 heterocycles. The molecule has 128 valence electrons. The number of ether oxygens (including phenoxy) is 2. The van der Waals surface area contributed by atoms with Crippen LogP contribution in [0.15, 0.2) is 36.7 Å². The molecule has 0 radical (unpaired) electrons. The van der Waals surface area contributed by atoms with Gasteiger partial charge in [-0.15, -0.1) is 11.3 Å². The molecule has 2 aliphatic rings. The Morgan fingerprint density at radius 1 is 1.25 bits per heavy atom. The zero-order valence-electron chi connectivity index (χ0n) is 14.1. The zero-order valence-corrected chi connectivity index (χ0v) is 14.9. The van der Waals surface area contributed by atoms with Crippen LogP contribution >= 0.6 is 11.3 Å². The van der Waals surface area contributed by atoms with E-state index in [-0.39, 0.29) is 12.2 Å². The largest absolute Gasteiger partial charge is 0.373 e. The second kappa shape index (κ2) is 7.31. The van der Waals surface area contributed by atoms with Crippen molar-refractivity contribution in [3.05, 3.63) is 52.0 Å². The third kappa shape index (κ3) is 3.54. The van der Waals surface area contributed by atoms with Crippen molar-refractivity contribution >= 4 is 11.3 Å². The van der Waals surface area contributed by atoms with Gasteiger partial charge in [0.2, 0.25) is 0 Å². The molecule has 0 bridgehead atoms. The van der Waals surface area contributed by atoms with Crippen LogP contribution < -0.4 is 0 Å². The summed E-state index contributed by atoms with van der Waals surface area (Å²) < 4.78 is 12.3. The highest BCUT2D eigenvalue weighted by molar-refractivity contribution is 7.11. The molecule has 4 rings (SSSR count). The van der Waals surface area contributed by atoms with Gasteiger partial charge in [0, 0.05) is 41.3 Å². The minimum atomic E-state index is 0.205. The summed E-state index contributed by atoms with van der Waals surface area (Å²) in [5.74, 6) is 0. The van der Waals surface area contributed by atoms with Crippen molar-refractivity contribution in [2.75, 3.05) is 13.2 Å². The third-order valence-electron chi connectivity index (χ3n) is 5.02. The predicted octanol–water partition coefficient (Wildman–Crippen LogP) is 3.40. The van der Waals surface area contributed by atoms with E-state index in [1.807, 2.05) is 35.9 Å². The first kappa shape index (κ1) is 16.2. The van der Waals surface area contributed by atoms with Crippen molar-refractivity contribution in [2.24, 2.45) is 0 Å². The van der Waals surface area contributed by atoms with E-state index < -0.39 is 0 Å². The average Bonchev–Trinajstić information content (AvgIpc) is 3.21. The fourth-order valence-corrected chi connectivity index (χ4v) is 4.74. The molecule has 0 spiro atoms. The molecule has 1 saturated heterocycles. The van der Waals surface area contributed by atoms with E-state index in [1.54, 1.807) is 0 Å². The Balaban J connectivity index is 1.37.